The number of rotatable bonds is 5. The van der Waals surface area contributed by atoms with Crippen molar-refractivity contribution in [3.05, 3.63) is 53.6 Å². The second-order valence-corrected chi connectivity index (χ2v) is 5.93. The smallest absolute Gasteiger partial charge is 0.418 e. The van der Waals surface area contributed by atoms with E-state index in [0.29, 0.717) is 22.8 Å². The summed E-state index contributed by atoms with van der Waals surface area (Å²) in [5.41, 5.74) is -0.263. The number of halogens is 3. The summed E-state index contributed by atoms with van der Waals surface area (Å²) in [6.45, 7) is 0. The van der Waals surface area contributed by atoms with Gasteiger partial charge in [0, 0.05) is 12.0 Å². The molecule has 0 spiro atoms. The average Bonchev–Trinajstić information content (AvgIpc) is 3.17. The zero-order valence-electron chi connectivity index (χ0n) is 15.0. The summed E-state index contributed by atoms with van der Waals surface area (Å²) >= 11 is 0. The van der Waals surface area contributed by atoms with Gasteiger partial charge in [0.25, 0.3) is 5.91 Å². The number of alkyl halides is 3. The first-order chi connectivity index (χ1) is 13.3. The van der Waals surface area contributed by atoms with E-state index in [4.69, 9.17) is 14.3 Å². The number of carbonyl (C=O) groups is 1. The van der Waals surface area contributed by atoms with Crippen molar-refractivity contribution in [3.8, 4) is 11.5 Å². The van der Waals surface area contributed by atoms with Crippen molar-refractivity contribution in [1.82, 2.24) is 0 Å². The van der Waals surface area contributed by atoms with Crippen LogP contribution in [0.1, 0.15) is 17.5 Å². The molecule has 0 saturated carbocycles. The van der Waals surface area contributed by atoms with E-state index in [1.807, 2.05) is 0 Å². The zero-order chi connectivity index (χ0) is 20.3. The lowest BCUT2D eigenvalue weighted by molar-refractivity contribution is -0.137. The van der Waals surface area contributed by atoms with Crippen molar-refractivity contribution in [3.63, 3.8) is 0 Å². The number of anilines is 1. The van der Waals surface area contributed by atoms with E-state index in [9.17, 15) is 18.0 Å². The highest BCUT2D eigenvalue weighted by atomic mass is 19.4. The lowest BCUT2D eigenvalue weighted by atomic mass is 10.0. The van der Waals surface area contributed by atoms with Crippen molar-refractivity contribution in [2.45, 2.75) is 18.7 Å². The zero-order valence-corrected chi connectivity index (χ0v) is 15.0. The summed E-state index contributed by atoms with van der Waals surface area (Å²) in [6.07, 6.45) is -5.58. The number of hydrogen-bond donors (Lipinski definition) is 1. The van der Waals surface area contributed by atoms with E-state index >= 15 is 0 Å². The molecule has 1 aliphatic rings. The maximum atomic E-state index is 13.1. The Morgan fingerprint density at radius 3 is 2.61 bits per heavy atom. The molecule has 0 bridgehead atoms. The number of carbonyl (C=O) groups excluding carboxylic acids is 1. The van der Waals surface area contributed by atoms with Crippen LogP contribution in [0.5, 0.6) is 11.5 Å². The molecule has 0 aliphatic carbocycles. The quantitative estimate of drug-likeness (QED) is 0.836. The van der Waals surface area contributed by atoms with Crippen LogP contribution in [-0.4, -0.2) is 31.9 Å². The SMILES string of the molecule is COc1ccc(OC)c(C2=NO[C@@H](C(=O)Nc3ccccc3C(F)(F)F)C2)c1. The Morgan fingerprint density at radius 1 is 1.18 bits per heavy atom. The van der Waals surface area contributed by atoms with E-state index in [-0.39, 0.29) is 12.1 Å². The van der Waals surface area contributed by atoms with Gasteiger partial charge in [-0.3, -0.25) is 4.79 Å². The first kappa shape index (κ1) is 19.5. The highest BCUT2D eigenvalue weighted by Crippen LogP contribution is 2.35. The van der Waals surface area contributed by atoms with E-state index in [2.05, 4.69) is 10.5 Å². The van der Waals surface area contributed by atoms with Crippen LogP contribution in [0, 0.1) is 0 Å². The fraction of sp³-hybridized carbons (Fsp3) is 0.263. The molecular weight excluding hydrogens is 377 g/mol. The molecule has 6 nitrogen and oxygen atoms in total. The molecule has 0 radical (unpaired) electrons. The molecule has 28 heavy (non-hydrogen) atoms. The van der Waals surface area contributed by atoms with Gasteiger partial charge in [0.2, 0.25) is 6.10 Å². The van der Waals surface area contributed by atoms with Crippen molar-refractivity contribution in [2.24, 2.45) is 5.16 Å². The number of nitrogens with zero attached hydrogens (tertiary/aromatic N) is 1. The number of methoxy groups -OCH3 is 2. The second kappa shape index (κ2) is 7.79. The van der Waals surface area contributed by atoms with Gasteiger partial charge in [-0.25, -0.2) is 0 Å². The topological polar surface area (TPSA) is 69.1 Å². The molecule has 0 saturated heterocycles. The lowest BCUT2D eigenvalue weighted by Crippen LogP contribution is -2.29. The standard InChI is InChI=1S/C19H17F3N2O4/c1-26-11-7-8-16(27-2)12(9-11)15-10-17(28-24-15)18(25)23-14-6-4-3-5-13(14)19(20,21)22/h3-9,17H,10H2,1-2H3,(H,23,25)/t17-/m1/s1. The fourth-order valence-electron chi connectivity index (χ4n) is 2.77. The molecule has 0 unspecified atom stereocenters. The summed E-state index contributed by atoms with van der Waals surface area (Å²) in [4.78, 5) is 17.6. The van der Waals surface area contributed by atoms with Gasteiger partial charge in [-0.15, -0.1) is 0 Å². The Morgan fingerprint density at radius 2 is 1.93 bits per heavy atom. The van der Waals surface area contributed by atoms with Gasteiger partial charge in [-0.05, 0) is 30.3 Å². The number of hydrogen-bond acceptors (Lipinski definition) is 5. The molecule has 1 amide bonds. The fourth-order valence-corrected chi connectivity index (χ4v) is 2.77. The van der Waals surface area contributed by atoms with Crippen LogP contribution in [0.4, 0.5) is 18.9 Å². The molecule has 2 aromatic rings. The average molecular weight is 394 g/mol. The van der Waals surface area contributed by atoms with Crippen molar-refractivity contribution in [1.29, 1.82) is 0 Å². The van der Waals surface area contributed by atoms with E-state index < -0.39 is 23.8 Å². The molecule has 0 fully saturated rings. The van der Waals surface area contributed by atoms with Gasteiger partial charge in [0.05, 0.1) is 31.2 Å². The van der Waals surface area contributed by atoms with Crippen LogP contribution in [0.15, 0.2) is 47.6 Å². The minimum atomic E-state index is -4.59. The van der Waals surface area contributed by atoms with Gasteiger partial charge >= 0.3 is 6.18 Å². The second-order valence-electron chi connectivity index (χ2n) is 5.93. The normalized spacial score (nSPS) is 16.2. The summed E-state index contributed by atoms with van der Waals surface area (Å²) < 4.78 is 49.7. The summed E-state index contributed by atoms with van der Waals surface area (Å²) in [7, 11) is 2.99. The van der Waals surface area contributed by atoms with Crippen LogP contribution < -0.4 is 14.8 Å². The third-order valence-electron chi connectivity index (χ3n) is 4.17. The van der Waals surface area contributed by atoms with E-state index in [1.54, 1.807) is 18.2 Å². The largest absolute Gasteiger partial charge is 0.497 e. The first-order valence-corrected chi connectivity index (χ1v) is 8.25. The number of oxime groups is 1. The number of para-hydroxylation sites is 1. The summed E-state index contributed by atoms with van der Waals surface area (Å²) in [5, 5.41) is 6.17. The molecule has 1 heterocycles. The predicted molar refractivity (Wildman–Crippen MR) is 95.6 cm³/mol. The predicted octanol–water partition coefficient (Wildman–Crippen LogP) is 3.85. The molecular formula is C19H17F3N2O4. The third-order valence-corrected chi connectivity index (χ3v) is 4.17. The van der Waals surface area contributed by atoms with E-state index in [0.717, 1.165) is 6.07 Å². The first-order valence-electron chi connectivity index (χ1n) is 8.25. The van der Waals surface area contributed by atoms with Gasteiger partial charge in [-0.2, -0.15) is 13.2 Å². The molecule has 1 aliphatic heterocycles. The number of ether oxygens (including phenoxy) is 2. The third kappa shape index (κ3) is 4.03. The monoisotopic (exact) mass is 394 g/mol. The highest BCUT2D eigenvalue weighted by molar-refractivity contribution is 6.07. The molecule has 3 rings (SSSR count). The van der Waals surface area contributed by atoms with Gasteiger partial charge in [-0.1, -0.05) is 17.3 Å². The Hall–Kier alpha value is -3.23. The number of nitrogens with one attached hydrogen (secondary N) is 1. The van der Waals surface area contributed by atoms with E-state index in [1.165, 1.54) is 32.4 Å². The van der Waals surface area contributed by atoms with Crippen LogP contribution in [0.25, 0.3) is 0 Å². The Kier molecular flexibility index (Phi) is 5.43. The molecule has 1 atom stereocenters. The molecule has 2 aromatic carbocycles. The summed E-state index contributed by atoms with van der Waals surface area (Å²) in [5.74, 6) is 0.342. The molecule has 148 valence electrons. The van der Waals surface area contributed by atoms with Crippen LogP contribution in [-0.2, 0) is 15.8 Å². The Balaban J connectivity index is 1.75. The van der Waals surface area contributed by atoms with Crippen LogP contribution in [0.2, 0.25) is 0 Å². The highest BCUT2D eigenvalue weighted by Gasteiger charge is 2.35. The number of amides is 1. The Labute approximate surface area is 158 Å². The van der Waals surface area contributed by atoms with Crippen molar-refractivity contribution < 1.29 is 32.3 Å². The maximum Gasteiger partial charge on any atom is 0.418 e. The van der Waals surface area contributed by atoms with Gasteiger partial charge in [0.15, 0.2) is 0 Å². The minimum absolute atomic E-state index is 0.0730. The molecule has 9 heteroatoms. The lowest BCUT2D eigenvalue weighted by Gasteiger charge is -2.15. The maximum absolute atomic E-state index is 13.1. The summed E-state index contributed by atoms with van der Waals surface area (Å²) in [6, 6.07) is 9.81. The Bertz CT molecular complexity index is 912. The molecule has 1 N–H and O–H groups in total. The van der Waals surface area contributed by atoms with Gasteiger partial charge in [0.1, 0.15) is 11.5 Å². The van der Waals surface area contributed by atoms with Crippen LogP contribution >= 0.6 is 0 Å². The van der Waals surface area contributed by atoms with Crippen molar-refractivity contribution in [2.75, 3.05) is 19.5 Å². The van der Waals surface area contributed by atoms with Crippen molar-refractivity contribution >= 4 is 17.3 Å². The van der Waals surface area contributed by atoms with Gasteiger partial charge < -0.3 is 19.6 Å². The minimum Gasteiger partial charge on any atom is -0.497 e. The van der Waals surface area contributed by atoms with Crippen LogP contribution in [0.3, 0.4) is 0 Å². The molecule has 0 aromatic heterocycles. The number of benzene rings is 2.